The van der Waals surface area contributed by atoms with Gasteiger partial charge in [-0.05, 0) is 59.7 Å². The van der Waals surface area contributed by atoms with E-state index in [2.05, 4.69) is 15.9 Å². The number of rotatable bonds is 7. The van der Waals surface area contributed by atoms with Crippen molar-refractivity contribution in [3.8, 4) is 22.7 Å². The Hall–Kier alpha value is -4.49. The predicted octanol–water partition coefficient (Wildman–Crippen LogP) is 7.58. The van der Waals surface area contributed by atoms with E-state index in [1.165, 1.54) is 0 Å². The first-order valence-corrected chi connectivity index (χ1v) is 13.9. The minimum absolute atomic E-state index is 0.111. The summed E-state index contributed by atoms with van der Waals surface area (Å²) in [6.45, 7) is 2.06. The van der Waals surface area contributed by atoms with Crippen LogP contribution < -0.4 is 4.74 Å². The van der Waals surface area contributed by atoms with Gasteiger partial charge < -0.3 is 4.74 Å². The first kappa shape index (κ1) is 25.8. The standard InChI is InChI=1S/C33H27BrN4O2/c1-23(39)38-32(20-31(35-38)25-12-16-27(34)17-13-25)30-21-37(28-10-6-3-7-11-28)36-33(30)26-14-18-29(19-15-26)40-22-24-8-4-2-5-9-24/h2-19,21,32H,20,22H2,1H3. The summed E-state index contributed by atoms with van der Waals surface area (Å²) < 4.78 is 8.88. The Morgan fingerprint density at radius 3 is 2.20 bits per heavy atom. The summed E-state index contributed by atoms with van der Waals surface area (Å²) in [5.74, 6) is 0.670. The molecule has 5 aromatic rings. The maximum absolute atomic E-state index is 12.8. The molecule has 1 unspecified atom stereocenters. The molecule has 2 heterocycles. The molecule has 6 nitrogen and oxygen atoms in total. The van der Waals surface area contributed by atoms with Crippen molar-refractivity contribution in [1.82, 2.24) is 14.8 Å². The van der Waals surface area contributed by atoms with Crippen LogP contribution in [0.4, 0.5) is 0 Å². The summed E-state index contributed by atoms with van der Waals surface area (Å²) in [5.41, 5.74) is 6.61. The van der Waals surface area contributed by atoms with E-state index >= 15 is 0 Å². The Labute approximate surface area is 241 Å². The van der Waals surface area contributed by atoms with E-state index in [0.29, 0.717) is 13.0 Å². The summed E-state index contributed by atoms with van der Waals surface area (Å²) in [7, 11) is 0. The molecule has 7 heteroatoms. The van der Waals surface area contributed by atoms with Crippen LogP contribution in [-0.2, 0) is 11.4 Å². The lowest BCUT2D eigenvalue weighted by molar-refractivity contribution is -0.130. The van der Waals surface area contributed by atoms with Gasteiger partial charge in [-0.1, -0.05) is 76.6 Å². The van der Waals surface area contributed by atoms with Crippen molar-refractivity contribution >= 4 is 27.5 Å². The molecule has 40 heavy (non-hydrogen) atoms. The number of hydrogen-bond donors (Lipinski definition) is 0. The van der Waals surface area contributed by atoms with Gasteiger partial charge >= 0.3 is 0 Å². The third-order valence-electron chi connectivity index (χ3n) is 6.91. The van der Waals surface area contributed by atoms with Crippen molar-refractivity contribution in [2.45, 2.75) is 26.0 Å². The van der Waals surface area contributed by atoms with Crippen LogP contribution in [0.2, 0.25) is 0 Å². The van der Waals surface area contributed by atoms with E-state index in [9.17, 15) is 4.79 Å². The van der Waals surface area contributed by atoms with E-state index in [1.807, 2.05) is 120 Å². The molecular formula is C33H27BrN4O2. The Balaban J connectivity index is 1.34. The topological polar surface area (TPSA) is 59.7 Å². The Bertz CT molecular complexity index is 1650. The third-order valence-corrected chi connectivity index (χ3v) is 7.44. The zero-order valence-corrected chi connectivity index (χ0v) is 23.5. The minimum atomic E-state index is -0.280. The van der Waals surface area contributed by atoms with Crippen LogP contribution in [-0.4, -0.2) is 26.4 Å². The molecule has 0 spiro atoms. The quantitative estimate of drug-likeness (QED) is 0.196. The molecule has 1 atom stereocenters. The number of hydrogen-bond acceptors (Lipinski definition) is 4. The molecule has 1 aliphatic rings. The van der Waals surface area contributed by atoms with Gasteiger partial charge in [0.25, 0.3) is 0 Å². The fourth-order valence-corrected chi connectivity index (χ4v) is 5.14. The molecule has 0 radical (unpaired) electrons. The van der Waals surface area contributed by atoms with Gasteiger partial charge in [0.1, 0.15) is 12.4 Å². The van der Waals surface area contributed by atoms with E-state index in [0.717, 1.165) is 49.6 Å². The zero-order chi connectivity index (χ0) is 27.5. The predicted molar refractivity (Wildman–Crippen MR) is 160 cm³/mol. The second-order valence-electron chi connectivity index (χ2n) is 9.65. The number of aromatic nitrogens is 2. The molecule has 1 amide bonds. The van der Waals surface area contributed by atoms with Crippen molar-refractivity contribution in [2.75, 3.05) is 0 Å². The maximum atomic E-state index is 12.8. The van der Waals surface area contributed by atoms with Gasteiger partial charge in [0.05, 0.1) is 23.1 Å². The number of para-hydroxylation sites is 1. The maximum Gasteiger partial charge on any atom is 0.240 e. The van der Waals surface area contributed by atoms with Crippen molar-refractivity contribution in [1.29, 1.82) is 0 Å². The van der Waals surface area contributed by atoms with Crippen LogP contribution in [0.25, 0.3) is 16.9 Å². The highest BCUT2D eigenvalue weighted by Crippen LogP contribution is 2.38. The van der Waals surface area contributed by atoms with Crippen molar-refractivity contribution in [3.63, 3.8) is 0 Å². The van der Waals surface area contributed by atoms with Gasteiger partial charge in [-0.2, -0.15) is 10.2 Å². The molecule has 0 aliphatic carbocycles. The molecule has 6 rings (SSSR count). The van der Waals surface area contributed by atoms with Crippen LogP contribution in [0.3, 0.4) is 0 Å². The highest BCUT2D eigenvalue weighted by molar-refractivity contribution is 9.10. The molecule has 1 aliphatic heterocycles. The van der Waals surface area contributed by atoms with Gasteiger partial charge in [-0.15, -0.1) is 0 Å². The fourth-order valence-electron chi connectivity index (χ4n) is 4.88. The first-order valence-electron chi connectivity index (χ1n) is 13.1. The van der Waals surface area contributed by atoms with E-state index in [-0.39, 0.29) is 11.9 Å². The Morgan fingerprint density at radius 2 is 1.52 bits per heavy atom. The number of carbonyl (C=O) groups is 1. The number of benzene rings is 4. The molecule has 1 aromatic heterocycles. The highest BCUT2D eigenvalue weighted by Gasteiger charge is 2.34. The third kappa shape index (κ3) is 5.46. The molecule has 198 valence electrons. The fraction of sp³-hybridized carbons (Fsp3) is 0.121. The van der Waals surface area contributed by atoms with E-state index in [4.69, 9.17) is 14.9 Å². The largest absolute Gasteiger partial charge is 0.489 e. The molecule has 0 saturated heterocycles. The number of halogens is 1. The van der Waals surface area contributed by atoms with Gasteiger partial charge in [0, 0.05) is 35.1 Å². The van der Waals surface area contributed by atoms with Crippen molar-refractivity contribution in [2.24, 2.45) is 5.10 Å². The smallest absolute Gasteiger partial charge is 0.240 e. The average molecular weight is 592 g/mol. The van der Waals surface area contributed by atoms with E-state index < -0.39 is 0 Å². The lowest BCUT2D eigenvalue weighted by atomic mass is 9.96. The molecule has 0 fully saturated rings. The van der Waals surface area contributed by atoms with Gasteiger partial charge in [0.2, 0.25) is 5.91 Å². The van der Waals surface area contributed by atoms with Crippen LogP contribution in [0, 0.1) is 0 Å². The number of amides is 1. The monoisotopic (exact) mass is 590 g/mol. The van der Waals surface area contributed by atoms with Crippen LogP contribution in [0.5, 0.6) is 5.75 Å². The van der Waals surface area contributed by atoms with Crippen molar-refractivity contribution in [3.05, 3.63) is 137 Å². The highest BCUT2D eigenvalue weighted by atomic mass is 79.9. The number of hydrazone groups is 1. The molecule has 4 aromatic carbocycles. The molecular weight excluding hydrogens is 564 g/mol. The molecule has 0 bridgehead atoms. The van der Waals surface area contributed by atoms with Gasteiger partial charge in [-0.3, -0.25) is 4.79 Å². The number of carbonyl (C=O) groups excluding carboxylic acids is 1. The van der Waals surface area contributed by atoms with E-state index in [1.54, 1.807) is 11.9 Å². The lowest BCUT2D eigenvalue weighted by Crippen LogP contribution is -2.24. The summed E-state index contributed by atoms with van der Waals surface area (Å²) >= 11 is 3.50. The first-order chi connectivity index (χ1) is 19.5. The second kappa shape index (κ2) is 11.3. The van der Waals surface area contributed by atoms with Gasteiger partial charge in [-0.25, -0.2) is 9.69 Å². The van der Waals surface area contributed by atoms with Crippen molar-refractivity contribution < 1.29 is 9.53 Å². The summed E-state index contributed by atoms with van der Waals surface area (Å²) in [6.07, 6.45) is 2.61. The van der Waals surface area contributed by atoms with Crippen LogP contribution in [0.1, 0.15) is 36.1 Å². The average Bonchev–Trinajstić information content (AvgIpc) is 3.63. The van der Waals surface area contributed by atoms with Gasteiger partial charge in [0.15, 0.2) is 0 Å². The number of ether oxygens (including phenoxy) is 1. The summed E-state index contributed by atoms with van der Waals surface area (Å²) in [4.78, 5) is 12.8. The number of nitrogens with zero attached hydrogens (tertiary/aromatic N) is 4. The molecule has 0 saturated carbocycles. The Morgan fingerprint density at radius 1 is 0.875 bits per heavy atom. The lowest BCUT2D eigenvalue weighted by Gasteiger charge is -2.20. The summed E-state index contributed by atoms with van der Waals surface area (Å²) in [6, 6.07) is 35.8. The second-order valence-corrected chi connectivity index (χ2v) is 10.6. The minimum Gasteiger partial charge on any atom is -0.489 e. The normalized spacial score (nSPS) is 14.7. The summed E-state index contributed by atoms with van der Waals surface area (Å²) in [5, 5.41) is 11.3. The van der Waals surface area contributed by atoms with Crippen LogP contribution >= 0.6 is 15.9 Å². The SMILES string of the molecule is CC(=O)N1N=C(c2ccc(Br)cc2)CC1c1cn(-c2ccccc2)nc1-c1ccc(OCc2ccccc2)cc1. The zero-order valence-electron chi connectivity index (χ0n) is 21.9. The molecule has 0 N–H and O–H groups in total. The Kier molecular flexibility index (Phi) is 7.29. The van der Waals surface area contributed by atoms with Crippen LogP contribution in [0.15, 0.2) is 125 Å².